The molecule has 1 N–H and O–H groups in total. The molecule has 5 nitrogen and oxygen atoms in total. The second kappa shape index (κ2) is 7.44. The molecule has 0 saturated carbocycles. The number of nitrogens with one attached hydrogen (secondary N) is 1. The molecule has 0 amide bonds. The summed E-state index contributed by atoms with van der Waals surface area (Å²) in [7, 11) is -8.17. The van der Waals surface area contributed by atoms with Crippen LogP contribution in [0.5, 0.6) is 0 Å². The molecule has 1 heterocycles. The topological polar surface area (TPSA) is 84.1 Å². The second-order valence-corrected chi connectivity index (χ2v) is 10.8. The number of hydrogen-bond donors (Lipinski definition) is 1. The molecule has 3 aromatic carbocycles. The Hall–Kier alpha value is -2.42. The Morgan fingerprint density at radius 1 is 0.690 bits per heavy atom. The molecule has 0 atom stereocenters. The molecule has 8 heteroatoms. The summed E-state index contributed by atoms with van der Waals surface area (Å²) in [5.41, 5.74) is 1.36. The highest BCUT2D eigenvalue weighted by molar-refractivity contribution is 9.08. The second-order valence-electron chi connectivity index (χ2n) is 6.43. The average Bonchev–Trinajstić information content (AvgIpc) is 3.16. The van der Waals surface area contributed by atoms with Gasteiger partial charge >= 0.3 is 0 Å². The number of hydrogen-bond acceptors (Lipinski definition) is 4. The van der Waals surface area contributed by atoms with Crippen LogP contribution in [-0.4, -0.2) is 21.8 Å². The van der Waals surface area contributed by atoms with Crippen LogP contribution in [0, 0.1) is 0 Å². The molecule has 29 heavy (non-hydrogen) atoms. The van der Waals surface area contributed by atoms with E-state index in [1.807, 2.05) is 0 Å². The Morgan fingerprint density at radius 2 is 1.28 bits per heavy atom. The number of H-pyrrole nitrogens is 1. The third-order valence-corrected chi connectivity index (χ3v) is 8.97. The molecule has 0 aliphatic rings. The lowest BCUT2D eigenvalue weighted by Crippen LogP contribution is -2.10. The predicted molar refractivity (Wildman–Crippen MR) is 115 cm³/mol. The van der Waals surface area contributed by atoms with Gasteiger partial charge in [-0.05, 0) is 35.9 Å². The van der Waals surface area contributed by atoms with Crippen molar-refractivity contribution in [3.63, 3.8) is 0 Å². The molecule has 4 aromatic rings. The Labute approximate surface area is 177 Å². The van der Waals surface area contributed by atoms with Gasteiger partial charge in [0.05, 0.1) is 9.79 Å². The smallest absolute Gasteiger partial charge is 0.223 e. The van der Waals surface area contributed by atoms with E-state index in [9.17, 15) is 16.8 Å². The van der Waals surface area contributed by atoms with Crippen molar-refractivity contribution in [1.82, 2.24) is 4.98 Å². The van der Waals surface area contributed by atoms with Gasteiger partial charge in [-0.1, -0.05) is 64.5 Å². The summed E-state index contributed by atoms with van der Waals surface area (Å²) in [6.45, 7) is 0. The van der Waals surface area contributed by atoms with Crippen molar-refractivity contribution in [2.24, 2.45) is 0 Å². The average molecular weight is 490 g/mol. The molecule has 0 bridgehead atoms. The zero-order valence-corrected chi connectivity index (χ0v) is 18.3. The van der Waals surface area contributed by atoms with Gasteiger partial charge in [-0.2, -0.15) is 0 Å². The molecule has 148 valence electrons. The first kappa shape index (κ1) is 19.9. The standard InChI is InChI=1S/C21H16BrNO4S2/c22-14-15-10-12-17(13-11-15)29(26,27)21-20(18-8-4-5-9-19(18)23-21)28(24,25)16-6-2-1-3-7-16/h1-13,23H,14H2. The van der Waals surface area contributed by atoms with Crippen LogP contribution in [0.25, 0.3) is 10.9 Å². The van der Waals surface area contributed by atoms with Gasteiger partial charge in [0.1, 0.15) is 4.90 Å². The van der Waals surface area contributed by atoms with Crippen molar-refractivity contribution < 1.29 is 16.8 Å². The molecule has 0 unspecified atom stereocenters. The summed E-state index contributed by atoms with van der Waals surface area (Å²) in [5.74, 6) is 0. The number of halogens is 1. The SMILES string of the molecule is O=S(=O)(c1ccc(CBr)cc1)c1[nH]c2ccccc2c1S(=O)(=O)c1ccccc1. The molecular formula is C21H16BrNO4S2. The maximum absolute atomic E-state index is 13.4. The molecule has 4 rings (SSSR count). The van der Waals surface area contributed by atoms with Crippen LogP contribution >= 0.6 is 15.9 Å². The molecular weight excluding hydrogens is 474 g/mol. The van der Waals surface area contributed by atoms with Crippen LogP contribution in [0.4, 0.5) is 0 Å². The number of sulfone groups is 2. The Morgan fingerprint density at radius 3 is 1.93 bits per heavy atom. The first-order valence-corrected chi connectivity index (χ1v) is 12.8. The van der Waals surface area contributed by atoms with E-state index < -0.39 is 19.7 Å². The first-order chi connectivity index (χ1) is 13.9. The predicted octanol–water partition coefficient (Wildman–Crippen LogP) is 4.73. The third kappa shape index (κ3) is 3.41. The van der Waals surface area contributed by atoms with Gasteiger partial charge in [-0.15, -0.1) is 0 Å². The van der Waals surface area contributed by atoms with E-state index in [2.05, 4.69) is 20.9 Å². The Kier molecular flexibility index (Phi) is 5.10. The summed E-state index contributed by atoms with van der Waals surface area (Å²) in [6.07, 6.45) is 0. The van der Waals surface area contributed by atoms with Crippen molar-refractivity contribution in [3.05, 3.63) is 84.4 Å². The lowest BCUT2D eigenvalue weighted by molar-refractivity contribution is 0.581. The van der Waals surface area contributed by atoms with Crippen LogP contribution in [-0.2, 0) is 25.0 Å². The molecule has 0 radical (unpaired) electrons. The van der Waals surface area contributed by atoms with Gasteiger partial charge in [0.2, 0.25) is 19.7 Å². The molecule has 0 fully saturated rings. The minimum Gasteiger partial charge on any atom is -0.344 e. The molecule has 0 spiro atoms. The van der Waals surface area contributed by atoms with Gasteiger partial charge < -0.3 is 4.98 Å². The zero-order valence-electron chi connectivity index (χ0n) is 15.0. The lowest BCUT2D eigenvalue weighted by Gasteiger charge is -2.09. The van der Waals surface area contributed by atoms with Gasteiger partial charge in [0.25, 0.3) is 0 Å². The number of aromatic amines is 1. The van der Waals surface area contributed by atoms with Crippen molar-refractivity contribution in [2.75, 3.05) is 0 Å². The fourth-order valence-electron chi connectivity index (χ4n) is 3.14. The van der Waals surface area contributed by atoms with Gasteiger partial charge in [0, 0.05) is 16.2 Å². The summed E-state index contributed by atoms with van der Waals surface area (Å²) in [4.78, 5) is 2.66. The number of para-hydroxylation sites is 1. The lowest BCUT2D eigenvalue weighted by atomic mass is 10.2. The highest BCUT2D eigenvalue weighted by atomic mass is 79.9. The fraction of sp³-hybridized carbons (Fsp3) is 0.0476. The first-order valence-electron chi connectivity index (χ1n) is 8.66. The highest BCUT2D eigenvalue weighted by Crippen LogP contribution is 2.36. The van der Waals surface area contributed by atoms with Crippen LogP contribution in [0.3, 0.4) is 0 Å². The minimum absolute atomic E-state index is 0.0262. The van der Waals surface area contributed by atoms with E-state index in [1.54, 1.807) is 54.6 Å². The summed E-state index contributed by atoms with van der Waals surface area (Å²) < 4.78 is 53.6. The number of benzene rings is 3. The monoisotopic (exact) mass is 489 g/mol. The van der Waals surface area contributed by atoms with E-state index in [1.165, 1.54) is 24.3 Å². The van der Waals surface area contributed by atoms with Crippen LogP contribution in [0.15, 0.2) is 98.6 Å². The van der Waals surface area contributed by atoms with Gasteiger partial charge in [-0.3, -0.25) is 0 Å². The molecule has 0 aliphatic heterocycles. The number of rotatable bonds is 5. The molecule has 0 saturated heterocycles. The summed E-state index contributed by atoms with van der Waals surface area (Å²) >= 11 is 3.33. The van der Waals surface area contributed by atoms with Crippen molar-refractivity contribution >= 4 is 46.5 Å². The number of fused-ring (bicyclic) bond motifs is 1. The van der Waals surface area contributed by atoms with Crippen molar-refractivity contribution in [3.8, 4) is 0 Å². The third-order valence-electron chi connectivity index (χ3n) is 4.61. The van der Waals surface area contributed by atoms with Crippen LogP contribution in [0.2, 0.25) is 0 Å². The van der Waals surface area contributed by atoms with E-state index in [0.29, 0.717) is 16.2 Å². The maximum Gasteiger partial charge on any atom is 0.223 e. The Bertz CT molecular complexity index is 1390. The highest BCUT2D eigenvalue weighted by Gasteiger charge is 2.33. The minimum atomic E-state index is -4.10. The van der Waals surface area contributed by atoms with E-state index >= 15 is 0 Å². The van der Waals surface area contributed by atoms with Crippen LogP contribution in [0.1, 0.15) is 5.56 Å². The molecule has 1 aromatic heterocycles. The maximum atomic E-state index is 13.4. The van der Waals surface area contributed by atoms with Crippen molar-refractivity contribution in [2.45, 2.75) is 25.0 Å². The van der Waals surface area contributed by atoms with E-state index in [0.717, 1.165) is 5.56 Å². The van der Waals surface area contributed by atoms with E-state index in [4.69, 9.17) is 0 Å². The van der Waals surface area contributed by atoms with Crippen molar-refractivity contribution in [1.29, 1.82) is 0 Å². The molecule has 0 aliphatic carbocycles. The largest absolute Gasteiger partial charge is 0.344 e. The van der Waals surface area contributed by atoms with Crippen LogP contribution < -0.4 is 0 Å². The zero-order chi connectivity index (χ0) is 20.6. The normalized spacial score (nSPS) is 12.3. The quantitative estimate of drug-likeness (QED) is 0.410. The van der Waals surface area contributed by atoms with Gasteiger partial charge in [0.15, 0.2) is 5.03 Å². The Balaban J connectivity index is 2.02. The number of aromatic nitrogens is 1. The summed E-state index contributed by atoms with van der Waals surface area (Å²) in [5, 5.41) is 0.606. The van der Waals surface area contributed by atoms with Gasteiger partial charge in [-0.25, -0.2) is 16.8 Å². The number of alkyl halides is 1. The summed E-state index contributed by atoms with van der Waals surface area (Å²) in [6, 6.07) is 20.8. The fourth-order valence-corrected chi connectivity index (χ4v) is 7.01. The van der Waals surface area contributed by atoms with E-state index in [-0.39, 0.29) is 19.7 Å².